The number of aromatic nitrogens is 2. The molecule has 0 aliphatic heterocycles. The molecule has 20 heavy (non-hydrogen) atoms. The van der Waals surface area contributed by atoms with E-state index in [4.69, 9.17) is 10.5 Å². The topological polar surface area (TPSA) is 53.1 Å². The summed E-state index contributed by atoms with van der Waals surface area (Å²) in [5.41, 5.74) is 8.38. The summed E-state index contributed by atoms with van der Waals surface area (Å²) in [5.74, 6) is 1.53. The number of nitrogens with zero attached hydrogens (tertiary/aromatic N) is 2. The molecule has 1 heterocycles. The second-order valence-corrected chi connectivity index (χ2v) is 4.56. The van der Waals surface area contributed by atoms with E-state index in [0.29, 0.717) is 5.69 Å². The van der Waals surface area contributed by atoms with Crippen LogP contribution in [-0.2, 0) is 0 Å². The molecule has 0 bridgehead atoms. The van der Waals surface area contributed by atoms with Crippen LogP contribution in [0, 0.1) is 6.92 Å². The zero-order valence-electron chi connectivity index (χ0n) is 11.2. The minimum Gasteiger partial charge on any atom is -0.455 e. The third kappa shape index (κ3) is 2.49. The Morgan fingerprint density at radius 1 is 1.10 bits per heavy atom. The van der Waals surface area contributed by atoms with E-state index in [1.807, 2.05) is 66.2 Å². The van der Waals surface area contributed by atoms with Gasteiger partial charge >= 0.3 is 0 Å². The number of para-hydroxylation sites is 1. The predicted octanol–water partition coefficient (Wildman–Crippen LogP) is 3.56. The molecule has 0 saturated carbocycles. The molecule has 3 aromatic rings. The summed E-state index contributed by atoms with van der Waals surface area (Å²) in [6, 6.07) is 15.2. The number of anilines is 1. The average Bonchev–Trinajstić information content (AvgIpc) is 2.88. The Hall–Kier alpha value is -2.75. The number of nitrogens with two attached hydrogens (primary N) is 1. The van der Waals surface area contributed by atoms with Crippen molar-refractivity contribution >= 4 is 5.69 Å². The molecular formula is C16H15N3O. The smallest absolute Gasteiger partial charge is 0.151 e. The van der Waals surface area contributed by atoms with Gasteiger partial charge in [0, 0.05) is 11.9 Å². The SMILES string of the molecule is Cc1cn(-c2cc(N)ccc2Oc2ccccc2)cn1. The first-order chi connectivity index (χ1) is 9.72. The van der Waals surface area contributed by atoms with Crippen molar-refractivity contribution in [2.75, 3.05) is 5.73 Å². The van der Waals surface area contributed by atoms with Gasteiger partial charge in [-0.05, 0) is 37.3 Å². The summed E-state index contributed by atoms with van der Waals surface area (Å²) >= 11 is 0. The third-order valence-corrected chi connectivity index (χ3v) is 2.94. The van der Waals surface area contributed by atoms with Gasteiger partial charge in [-0.15, -0.1) is 0 Å². The van der Waals surface area contributed by atoms with Gasteiger partial charge in [-0.3, -0.25) is 0 Å². The summed E-state index contributed by atoms with van der Waals surface area (Å²) < 4.78 is 7.83. The van der Waals surface area contributed by atoms with Crippen LogP contribution < -0.4 is 10.5 Å². The van der Waals surface area contributed by atoms with Crippen LogP contribution >= 0.6 is 0 Å². The van der Waals surface area contributed by atoms with Crippen LogP contribution in [0.1, 0.15) is 5.69 Å². The molecule has 4 nitrogen and oxygen atoms in total. The number of rotatable bonds is 3. The molecule has 0 aliphatic rings. The Bertz CT molecular complexity index is 720. The van der Waals surface area contributed by atoms with Crippen molar-refractivity contribution in [3.63, 3.8) is 0 Å². The van der Waals surface area contributed by atoms with Gasteiger partial charge in [0.25, 0.3) is 0 Å². The highest BCUT2D eigenvalue weighted by Gasteiger charge is 2.08. The number of benzene rings is 2. The summed E-state index contributed by atoms with van der Waals surface area (Å²) in [4.78, 5) is 4.24. The molecule has 0 unspecified atom stereocenters. The Kier molecular flexibility index (Phi) is 3.13. The normalized spacial score (nSPS) is 10.4. The van der Waals surface area contributed by atoms with Crippen molar-refractivity contribution < 1.29 is 4.74 Å². The first kappa shape index (κ1) is 12.3. The van der Waals surface area contributed by atoms with Crippen LogP contribution in [0.15, 0.2) is 61.1 Å². The van der Waals surface area contributed by atoms with Gasteiger partial charge in [0.2, 0.25) is 0 Å². The summed E-state index contributed by atoms with van der Waals surface area (Å²) in [6.45, 7) is 1.94. The molecule has 0 fully saturated rings. The number of ether oxygens (including phenoxy) is 1. The van der Waals surface area contributed by atoms with E-state index in [9.17, 15) is 0 Å². The zero-order chi connectivity index (χ0) is 13.9. The average molecular weight is 265 g/mol. The quantitative estimate of drug-likeness (QED) is 0.737. The lowest BCUT2D eigenvalue weighted by Gasteiger charge is -2.12. The van der Waals surface area contributed by atoms with Gasteiger partial charge in [-0.2, -0.15) is 0 Å². The monoisotopic (exact) mass is 265 g/mol. The highest BCUT2D eigenvalue weighted by atomic mass is 16.5. The molecule has 0 amide bonds. The Balaban J connectivity index is 2.02. The number of imidazole rings is 1. The van der Waals surface area contributed by atoms with E-state index in [-0.39, 0.29) is 0 Å². The van der Waals surface area contributed by atoms with Gasteiger partial charge in [-0.25, -0.2) is 4.98 Å². The summed E-state index contributed by atoms with van der Waals surface area (Å²) in [7, 11) is 0. The van der Waals surface area contributed by atoms with Gasteiger partial charge in [-0.1, -0.05) is 18.2 Å². The molecule has 0 radical (unpaired) electrons. The van der Waals surface area contributed by atoms with E-state index < -0.39 is 0 Å². The molecule has 1 aromatic heterocycles. The highest BCUT2D eigenvalue weighted by molar-refractivity contribution is 5.57. The Labute approximate surface area is 117 Å². The molecule has 100 valence electrons. The minimum absolute atomic E-state index is 0.687. The van der Waals surface area contributed by atoms with E-state index >= 15 is 0 Å². The standard InChI is InChI=1S/C16H15N3O/c1-12-10-19(11-18-12)15-9-13(17)7-8-16(15)20-14-5-3-2-4-6-14/h2-11H,17H2,1H3. The molecule has 2 N–H and O–H groups in total. The molecule has 2 aromatic carbocycles. The second kappa shape index (κ2) is 5.09. The number of hydrogen-bond acceptors (Lipinski definition) is 3. The van der Waals surface area contributed by atoms with E-state index in [0.717, 1.165) is 22.9 Å². The van der Waals surface area contributed by atoms with Gasteiger partial charge in [0.1, 0.15) is 5.75 Å². The maximum absolute atomic E-state index is 5.92. The van der Waals surface area contributed by atoms with E-state index in [1.165, 1.54) is 0 Å². The van der Waals surface area contributed by atoms with E-state index in [1.54, 1.807) is 6.33 Å². The molecular weight excluding hydrogens is 250 g/mol. The Morgan fingerprint density at radius 2 is 1.90 bits per heavy atom. The van der Waals surface area contributed by atoms with Crippen LogP contribution in [0.25, 0.3) is 5.69 Å². The first-order valence-corrected chi connectivity index (χ1v) is 6.36. The van der Waals surface area contributed by atoms with Crippen LogP contribution in [0.2, 0.25) is 0 Å². The molecule has 0 saturated heterocycles. The van der Waals surface area contributed by atoms with Crippen LogP contribution in [0.3, 0.4) is 0 Å². The lowest BCUT2D eigenvalue weighted by atomic mass is 10.2. The molecule has 0 atom stereocenters. The van der Waals surface area contributed by atoms with Gasteiger partial charge < -0.3 is 15.0 Å². The highest BCUT2D eigenvalue weighted by Crippen LogP contribution is 2.30. The number of nitrogen functional groups attached to an aromatic ring is 1. The second-order valence-electron chi connectivity index (χ2n) is 4.56. The minimum atomic E-state index is 0.687. The zero-order valence-corrected chi connectivity index (χ0v) is 11.2. The molecule has 0 spiro atoms. The van der Waals surface area contributed by atoms with Crippen molar-refractivity contribution in [1.29, 1.82) is 0 Å². The van der Waals surface area contributed by atoms with Crippen molar-refractivity contribution in [2.24, 2.45) is 0 Å². The fourth-order valence-electron chi connectivity index (χ4n) is 1.99. The maximum atomic E-state index is 5.92. The molecule has 3 rings (SSSR count). The fraction of sp³-hybridized carbons (Fsp3) is 0.0625. The van der Waals surface area contributed by atoms with Crippen molar-refractivity contribution in [3.8, 4) is 17.2 Å². The van der Waals surface area contributed by atoms with Crippen LogP contribution in [-0.4, -0.2) is 9.55 Å². The van der Waals surface area contributed by atoms with Crippen LogP contribution in [0.5, 0.6) is 11.5 Å². The third-order valence-electron chi connectivity index (χ3n) is 2.94. The Morgan fingerprint density at radius 3 is 2.60 bits per heavy atom. The van der Waals surface area contributed by atoms with Crippen molar-refractivity contribution in [2.45, 2.75) is 6.92 Å². The lowest BCUT2D eigenvalue weighted by Crippen LogP contribution is -1.97. The maximum Gasteiger partial charge on any atom is 0.151 e. The van der Waals surface area contributed by atoms with Crippen molar-refractivity contribution in [1.82, 2.24) is 9.55 Å². The lowest BCUT2D eigenvalue weighted by molar-refractivity contribution is 0.480. The van der Waals surface area contributed by atoms with Crippen molar-refractivity contribution in [3.05, 3.63) is 66.7 Å². The summed E-state index contributed by atoms with van der Waals surface area (Å²) in [6.07, 6.45) is 3.69. The first-order valence-electron chi connectivity index (χ1n) is 6.36. The number of aryl methyl sites for hydroxylation is 1. The fourth-order valence-corrected chi connectivity index (χ4v) is 1.99. The molecule has 4 heteroatoms. The van der Waals surface area contributed by atoms with Gasteiger partial charge in [0.15, 0.2) is 5.75 Å². The molecule has 0 aliphatic carbocycles. The van der Waals surface area contributed by atoms with Crippen LogP contribution in [0.4, 0.5) is 5.69 Å². The summed E-state index contributed by atoms with van der Waals surface area (Å²) in [5, 5.41) is 0. The largest absolute Gasteiger partial charge is 0.455 e. The van der Waals surface area contributed by atoms with Gasteiger partial charge in [0.05, 0.1) is 17.7 Å². The predicted molar refractivity (Wildman–Crippen MR) is 79.2 cm³/mol. The van der Waals surface area contributed by atoms with E-state index in [2.05, 4.69) is 4.98 Å². The number of hydrogen-bond donors (Lipinski definition) is 1.